The van der Waals surface area contributed by atoms with Gasteiger partial charge >= 0.3 is 0 Å². The molecule has 0 spiro atoms. The number of anilines is 1. The molecule has 3 aromatic rings. The van der Waals surface area contributed by atoms with Crippen molar-refractivity contribution in [2.24, 2.45) is 24.3 Å². The standard InChI is InChI=1S/C23H34N6/c1-7-29(6,8-2)16-15-24-19-9-11-20(12-10-19)25-26-21-13-14-22-23(17-21)28(5)18(3)27(22)4/h9-14,17,24H,7-8,15-16H2,1-6H3/q+2. The first-order valence-electron chi connectivity index (χ1n) is 10.4. The summed E-state index contributed by atoms with van der Waals surface area (Å²) in [6.07, 6.45) is 0. The number of hydrogen-bond donors (Lipinski definition) is 1. The van der Waals surface area contributed by atoms with E-state index in [0.29, 0.717) is 0 Å². The Morgan fingerprint density at radius 3 is 2.28 bits per heavy atom. The molecule has 2 aromatic carbocycles. The Bertz CT molecular complexity index is 996. The van der Waals surface area contributed by atoms with Crippen LogP contribution in [0.25, 0.3) is 11.0 Å². The zero-order valence-electron chi connectivity index (χ0n) is 18.6. The van der Waals surface area contributed by atoms with Crippen molar-refractivity contribution in [3.8, 4) is 0 Å². The number of azo groups is 1. The summed E-state index contributed by atoms with van der Waals surface area (Å²) in [5.74, 6) is 1.20. The average molecular weight is 395 g/mol. The topological polar surface area (TPSA) is 45.6 Å². The fourth-order valence-electron chi connectivity index (χ4n) is 3.47. The van der Waals surface area contributed by atoms with E-state index in [9.17, 15) is 0 Å². The second kappa shape index (κ2) is 8.74. The van der Waals surface area contributed by atoms with Crippen LogP contribution in [0.1, 0.15) is 19.7 Å². The van der Waals surface area contributed by atoms with Crippen molar-refractivity contribution in [1.29, 1.82) is 0 Å². The maximum Gasteiger partial charge on any atom is 0.253 e. The van der Waals surface area contributed by atoms with E-state index in [-0.39, 0.29) is 0 Å². The molecule has 0 bridgehead atoms. The first kappa shape index (κ1) is 21.0. The van der Waals surface area contributed by atoms with Crippen LogP contribution in [0.5, 0.6) is 0 Å². The van der Waals surface area contributed by atoms with E-state index in [1.807, 2.05) is 18.2 Å². The Morgan fingerprint density at radius 2 is 1.62 bits per heavy atom. The monoisotopic (exact) mass is 394 g/mol. The van der Waals surface area contributed by atoms with Crippen molar-refractivity contribution in [3.63, 3.8) is 0 Å². The minimum absolute atomic E-state index is 0.854. The molecular formula is C23H34N6+2. The van der Waals surface area contributed by atoms with E-state index in [4.69, 9.17) is 0 Å². The molecule has 0 aliphatic rings. The molecule has 0 amide bonds. The third-order valence-corrected chi connectivity index (χ3v) is 6.31. The molecule has 3 rings (SSSR count). The van der Waals surface area contributed by atoms with Gasteiger partial charge in [0.25, 0.3) is 5.82 Å². The minimum Gasteiger partial charge on any atom is -0.379 e. The first-order chi connectivity index (χ1) is 13.9. The maximum absolute atomic E-state index is 4.43. The van der Waals surface area contributed by atoms with Gasteiger partial charge in [-0.25, -0.2) is 9.13 Å². The molecule has 0 fully saturated rings. The van der Waals surface area contributed by atoms with Gasteiger partial charge in [-0.15, -0.1) is 0 Å². The van der Waals surface area contributed by atoms with Crippen molar-refractivity contribution in [3.05, 3.63) is 48.3 Å². The number of rotatable bonds is 8. The molecule has 0 aliphatic carbocycles. The predicted molar refractivity (Wildman–Crippen MR) is 120 cm³/mol. The summed E-state index contributed by atoms with van der Waals surface area (Å²) >= 11 is 0. The summed E-state index contributed by atoms with van der Waals surface area (Å²) in [4.78, 5) is 0. The Balaban J connectivity index is 1.64. The van der Waals surface area contributed by atoms with Gasteiger partial charge < -0.3 is 9.80 Å². The zero-order chi connectivity index (χ0) is 21.0. The van der Waals surface area contributed by atoms with Crippen LogP contribution in [0, 0.1) is 6.92 Å². The molecule has 29 heavy (non-hydrogen) atoms. The molecule has 1 N–H and O–H groups in total. The quantitative estimate of drug-likeness (QED) is 0.338. The number of aryl methyl sites for hydroxylation is 2. The highest BCUT2D eigenvalue weighted by atomic mass is 15.3. The van der Waals surface area contributed by atoms with Crippen LogP contribution >= 0.6 is 0 Å². The lowest BCUT2D eigenvalue weighted by Gasteiger charge is -2.32. The molecule has 154 valence electrons. The smallest absolute Gasteiger partial charge is 0.253 e. The van der Waals surface area contributed by atoms with E-state index < -0.39 is 0 Å². The van der Waals surface area contributed by atoms with E-state index in [0.717, 1.165) is 53.2 Å². The Kier molecular flexibility index (Phi) is 6.33. The number of aromatic nitrogens is 2. The van der Waals surface area contributed by atoms with Gasteiger partial charge in [-0.05, 0) is 50.2 Å². The summed E-state index contributed by atoms with van der Waals surface area (Å²) < 4.78 is 5.45. The Morgan fingerprint density at radius 1 is 1.00 bits per heavy atom. The molecule has 1 aromatic heterocycles. The average Bonchev–Trinajstić information content (AvgIpc) is 2.96. The van der Waals surface area contributed by atoms with Crippen molar-refractivity contribution >= 4 is 28.1 Å². The lowest BCUT2D eigenvalue weighted by atomic mass is 10.2. The fraction of sp³-hybridized carbons (Fsp3) is 0.435. The Labute approximate surface area is 174 Å². The zero-order valence-corrected chi connectivity index (χ0v) is 18.6. The molecule has 1 heterocycles. The van der Waals surface area contributed by atoms with Gasteiger partial charge in [-0.3, -0.25) is 0 Å². The molecule has 0 unspecified atom stereocenters. The molecular weight excluding hydrogens is 360 g/mol. The van der Waals surface area contributed by atoms with Gasteiger partial charge in [-0.2, -0.15) is 10.2 Å². The predicted octanol–water partition coefficient (Wildman–Crippen LogP) is 4.62. The number of nitrogens with one attached hydrogen (secondary N) is 1. The van der Waals surface area contributed by atoms with E-state index >= 15 is 0 Å². The molecule has 0 saturated heterocycles. The van der Waals surface area contributed by atoms with E-state index in [2.05, 4.69) is 90.9 Å². The van der Waals surface area contributed by atoms with Crippen LogP contribution in [0.15, 0.2) is 52.7 Å². The molecule has 6 nitrogen and oxygen atoms in total. The highest BCUT2D eigenvalue weighted by molar-refractivity contribution is 5.76. The normalized spacial score (nSPS) is 12.2. The fourth-order valence-corrected chi connectivity index (χ4v) is 3.47. The second-order valence-corrected chi connectivity index (χ2v) is 7.99. The van der Waals surface area contributed by atoms with Crippen LogP contribution in [-0.2, 0) is 14.1 Å². The molecule has 6 heteroatoms. The Hall–Kier alpha value is -2.73. The van der Waals surface area contributed by atoms with Crippen molar-refractivity contribution in [1.82, 2.24) is 4.57 Å². The molecule has 0 radical (unpaired) electrons. The number of likely N-dealkylation sites (N-methyl/N-ethyl adjacent to an activating group) is 1. The van der Waals surface area contributed by atoms with Crippen LogP contribution in [0.3, 0.4) is 0 Å². The van der Waals surface area contributed by atoms with Crippen LogP contribution < -0.4 is 9.88 Å². The summed E-state index contributed by atoms with van der Waals surface area (Å²) in [5.41, 5.74) is 5.19. The summed E-state index contributed by atoms with van der Waals surface area (Å²) in [7, 11) is 6.46. The van der Waals surface area contributed by atoms with Gasteiger partial charge in [0.2, 0.25) is 0 Å². The molecule has 0 aliphatic heterocycles. The van der Waals surface area contributed by atoms with Crippen LogP contribution in [0.4, 0.5) is 17.1 Å². The number of hydrogen-bond acceptors (Lipinski definition) is 3. The number of fused-ring (bicyclic) bond motifs is 1. The first-order valence-corrected chi connectivity index (χ1v) is 10.4. The third-order valence-electron chi connectivity index (χ3n) is 6.31. The highest BCUT2D eigenvalue weighted by Crippen LogP contribution is 2.23. The lowest BCUT2D eigenvalue weighted by molar-refractivity contribution is -0.904. The number of benzene rings is 2. The summed E-state index contributed by atoms with van der Waals surface area (Å²) in [5, 5.41) is 12.4. The number of imidazole rings is 1. The number of nitrogens with zero attached hydrogens (tertiary/aromatic N) is 5. The van der Waals surface area contributed by atoms with Gasteiger partial charge in [0.05, 0.1) is 58.7 Å². The second-order valence-electron chi connectivity index (χ2n) is 7.99. The van der Waals surface area contributed by atoms with Crippen molar-refractivity contribution in [2.75, 3.05) is 38.5 Å². The summed E-state index contributed by atoms with van der Waals surface area (Å²) in [6.45, 7) is 11.0. The maximum atomic E-state index is 4.43. The van der Waals surface area contributed by atoms with Crippen molar-refractivity contribution < 1.29 is 9.05 Å². The lowest BCUT2D eigenvalue weighted by Crippen LogP contribution is -2.46. The highest BCUT2D eigenvalue weighted by Gasteiger charge is 2.16. The van der Waals surface area contributed by atoms with E-state index in [1.54, 1.807) is 0 Å². The van der Waals surface area contributed by atoms with Crippen molar-refractivity contribution in [2.45, 2.75) is 20.8 Å². The van der Waals surface area contributed by atoms with Gasteiger partial charge in [0.1, 0.15) is 0 Å². The SMILES string of the molecule is CC[N+](C)(CC)CCNc1ccc(N=Nc2ccc3c(c2)n(C)c(C)[n+]3C)cc1. The van der Waals surface area contributed by atoms with Crippen LogP contribution in [0.2, 0.25) is 0 Å². The molecule has 0 saturated carbocycles. The third kappa shape index (κ3) is 4.65. The number of quaternary nitrogens is 1. The van der Waals surface area contributed by atoms with Gasteiger partial charge in [0, 0.05) is 18.7 Å². The largest absolute Gasteiger partial charge is 0.379 e. The van der Waals surface area contributed by atoms with Gasteiger partial charge in [0.15, 0.2) is 11.0 Å². The minimum atomic E-state index is 0.854. The van der Waals surface area contributed by atoms with Gasteiger partial charge in [-0.1, -0.05) is 0 Å². The molecule has 0 atom stereocenters. The van der Waals surface area contributed by atoms with Crippen LogP contribution in [-0.4, -0.2) is 42.3 Å². The van der Waals surface area contributed by atoms with E-state index in [1.165, 1.54) is 11.3 Å². The summed E-state index contributed by atoms with van der Waals surface area (Å²) in [6, 6.07) is 14.3.